The third kappa shape index (κ3) is 5.61. The molecule has 1 N–H and O–H groups in total. The Balaban J connectivity index is 2.61. The van der Waals surface area contributed by atoms with E-state index in [1.165, 1.54) is 0 Å². The molecule has 1 heterocycles. The summed E-state index contributed by atoms with van der Waals surface area (Å²) in [5.74, 6) is 0. The van der Waals surface area contributed by atoms with Crippen LogP contribution >= 0.6 is 0 Å². The Hall–Kier alpha value is -1.56. The van der Waals surface area contributed by atoms with Crippen LogP contribution in [0.5, 0.6) is 0 Å². The predicted molar refractivity (Wildman–Crippen MR) is 78.6 cm³/mol. The molecule has 0 aliphatic carbocycles. The summed E-state index contributed by atoms with van der Waals surface area (Å²) >= 11 is 0. The zero-order valence-electron chi connectivity index (χ0n) is 13.3. The van der Waals surface area contributed by atoms with Crippen molar-refractivity contribution in [3.8, 4) is 0 Å². The van der Waals surface area contributed by atoms with Crippen molar-refractivity contribution in [2.24, 2.45) is 0 Å². The van der Waals surface area contributed by atoms with Gasteiger partial charge in [-0.05, 0) is 41.8 Å². The molecule has 1 aromatic heterocycles. The molecule has 0 spiro atoms. The molecule has 0 saturated carbocycles. The van der Waals surface area contributed by atoms with Gasteiger partial charge in [0.1, 0.15) is 5.60 Å². The number of likely N-dealkylation sites (N-methyl/N-ethyl adjacent to an activating group) is 1. The van der Waals surface area contributed by atoms with Crippen molar-refractivity contribution < 1.29 is 9.53 Å². The number of imidazole rings is 1. The van der Waals surface area contributed by atoms with Crippen molar-refractivity contribution in [3.63, 3.8) is 0 Å². The summed E-state index contributed by atoms with van der Waals surface area (Å²) in [7, 11) is 4.05. The SMILES string of the molecule is C[C@H](NC(=O)OC(C)(C)C)c1cncn1CCN(C)C. The molecule has 1 aromatic rings. The number of rotatable bonds is 5. The van der Waals surface area contributed by atoms with Crippen LogP contribution in [0.15, 0.2) is 12.5 Å². The topological polar surface area (TPSA) is 59.4 Å². The molecular formula is C14H26N4O2. The molecule has 6 nitrogen and oxygen atoms in total. The highest BCUT2D eigenvalue weighted by Gasteiger charge is 2.19. The lowest BCUT2D eigenvalue weighted by Gasteiger charge is -2.22. The maximum absolute atomic E-state index is 11.8. The Kier molecular flexibility index (Phi) is 5.56. The van der Waals surface area contributed by atoms with E-state index in [-0.39, 0.29) is 6.04 Å². The van der Waals surface area contributed by atoms with Gasteiger partial charge in [-0.3, -0.25) is 0 Å². The van der Waals surface area contributed by atoms with E-state index in [1.54, 1.807) is 12.5 Å². The van der Waals surface area contributed by atoms with E-state index in [4.69, 9.17) is 4.74 Å². The summed E-state index contributed by atoms with van der Waals surface area (Å²) in [6.45, 7) is 9.22. The third-order valence-electron chi connectivity index (χ3n) is 2.71. The van der Waals surface area contributed by atoms with Crippen LogP contribution in [-0.2, 0) is 11.3 Å². The maximum atomic E-state index is 11.8. The second-order valence-corrected chi connectivity index (χ2v) is 6.18. The number of aromatic nitrogens is 2. The molecule has 0 radical (unpaired) electrons. The summed E-state index contributed by atoms with van der Waals surface area (Å²) in [5, 5.41) is 2.83. The van der Waals surface area contributed by atoms with Crippen LogP contribution in [0, 0.1) is 0 Å². The molecule has 0 aliphatic rings. The van der Waals surface area contributed by atoms with E-state index in [9.17, 15) is 4.79 Å². The standard InChI is InChI=1S/C14H26N4O2/c1-11(16-13(19)20-14(2,3)4)12-9-15-10-18(12)8-7-17(5)6/h9-11H,7-8H2,1-6H3,(H,16,19)/t11-/m0/s1. The van der Waals surface area contributed by atoms with Gasteiger partial charge in [0.05, 0.1) is 24.3 Å². The quantitative estimate of drug-likeness (QED) is 0.897. The van der Waals surface area contributed by atoms with Crippen molar-refractivity contribution >= 4 is 6.09 Å². The van der Waals surface area contributed by atoms with Crippen molar-refractivity contribution in [2.75, 3.05) is 20.6 Å². The molecule has 1 rings (SSSR count). The summed E-state index contributed by atoms with van der Waals surface area (Å²) in [4.78, 5) is 18.0. The Bertz CT molecular complexity index is 435. The molecular weight excluding hydrogens is 256 g/mol. The fraction of sp³-hybridized carbons (Fsp3) is 0.714. The van der Waals surface area contributed by atoms with Crippen LogP contribution in [0.1, 0.15) is 39.4 Å². The average molecular weight is 282 g/mol. The zero-order valence-corrected chi connectivity index (χ0v) is 13.3. The minimum Gasteiger partial charge on any atom is -0.444 e. The van der Waals surface area contributed by atoms with Crippen molar-refractivity contribution in [2.45, 2.75) is 45.9 Å². The fourth-order valence-corrected chi connectivity index (χ4v) is 1.74. The van der Waals surface area contributed by atoms with E-state index in [2.05, 4.69) is 15.2 Å². The van der Waals surface area contributed by atoms with Crippen LogP contribution in [0.2, 0.25) is 0 Å². The molecule has 114 valence electrons. The summed E-state index contributed by atoms with van der Waals surface area (Å²) in [6.07, 6.45) is 3.15. The first-order valence-electron chi connectivity index (χ1n) is 6.83. The lowest BCUT2D eigenvalue weighted by molar-refractivity contribution is 0.0506. The summed E-state index contributed by atoms with van der Waals surface area (Å²) < 4.78 is 7.30. The molecule has 20 heavy (non-hydrogen) atoms. The van der Waals surface area contributed by atoms with Gasteiger partial charge >= 0.3 is 6.09 Å². The number of amides is 1. The number of carbonyl (C=O) groups is 1. The number of nitrogens with zero attached hydrogens (tertiary/aromatic N) is 3. The van der Waals surface area contributed by atoms with Crippen molar-refractivity contribution in [1.82, 2.24) is 19.8 Å². The molecule has 0 aromatic carbocycles. The highest BCUT2D eigenvalue weighted by Crippen LogP contribution is 2.14. The number of ether oxygens (including phenoxy) is 1. The first kappa shape index (κ1) is 16.5. The third-order valence-corrected chi connectivity index (χ3v) is 2.71. The fourth-order valence-electron chi connectivity index (χ4n) is 1.74. The highest BCUT2D eigenvalue weighted by atomic mass is 16.6. The zero-order chi connectivity index (χ0) is 15.3. The van der Waals surface area contributed by atoms with Crippen LogP contribution in [0.4, 0.5) is 4.79 Å². The largest absolute Gasteiger partial charge is 0.444 e. The molecule has 0 fully saturated rings. The van der Waals surface area contributed by atoms with Gasteiger partial charge < -0.3 is 19.5 Å². The van der Waals surface area contributed by atoms with Gasteiger partial charge in [0.25, 0.3) is 0 Å². The number of alkyl carbamates (subject to hydrolysis) is 1. The minimum absolute atomic E-state index is 0.144. The lowest BCUT2D eigenvalue weighted by atomic mass is 10.2. The smallest absolute Gasteiger partial charge is 0.408 e. The van der Waals surface area contributed by atoms with Gasteiger partial charge in [0, 0.05) is 13.1 Å². The monoisotopic (exact) mass is 282 g/mol. The van der Waals surface area contributed by atoms with E-state index < -0.39 is 11.7 Å². The second-order valence-electron chi connectivity index (χ2n) is 6.18. The minimum atomic E-state index is -0.491. The van der Waals surface area contributed by atoms with E-state index in [1.807, 2.05) is 46.4 Å². The maximum Gasteiger partial charge on any atom is 0.408 e. The molecule has 0 bridgehead atoms. The molecule has 6 heteroatoms. The molecule has 0 saturated heterocycles. The van der Waals surface area contributed by atoms with Gasteiger partial charge in [-0.2, -0.15) is 0 Å². The first-order valence-corrected chi connectivity index (χ1v) is 6.83. The van der Waals surface area contributed by atoms with Gasteiger partial charge in [-0.1, -0.05) is 0 Å². The molecule has 0 aliphatic heterocycles. The van der Waals surface area contributed by atoms with Gasteiger partial charge in [0.2, 0.25) is 0 Å². The number of carbonyl (C=O) groups excluding carboxylic acids is 1. The van der Waals surface area contributed by atoms with E-state index in [0.717, 1.165) is 18.8 Å². The second kappa shape index (κ2) is 6.74. The van der Waals surface area contributed by atoms with Crippen molar-refractivity contribution in [1.29, 1.82) is 0 Å². The van der Waals surface area contributed by atoms with Crippen LogP contribution in [0.3, 0.4) is 0 Å². The molecule has 1 atom stereocenters. The predicted octanol–water partition coefficient (Wildman–Crippen LogP) is 2.03. The van der Waals surface area contributed by atoms with Crippen molar-refractivity contribution in [3.05, 3.63) is 18.2 Å². The lowest BCUT2D eigenvalue weighted by Crippen LogP contribution is -2.34. The number of nitrogens with one attached hydrogen (secondary N) is 1. The van der Waals surface area contributed by atoms with Crippen LogP contribution < -0.4 is 5.32 Å². The number of hydrogen-bond donors (Lipinski definition) is 1. The van der Waals surface area contributed by atoms with Gasteiger partial charge in [-0.25, -0.2) is 9.78 Å². The average Bonchev–Trinajstić information content (AvgIpc) is 2.71. The highest BCUT2D eigenvalue weighted by molar-refractivity contribution is 5.68. The van der Waals surface area contributed by atoms with E-state index in [0.29, 0.717) is 0 Å². The Morgan fingerprint density at radius 2 is 2.15 bits per heavy atom. The molecule has 0 unspecified atom stereocenters. The Morgan fingerprint density at radius 1 is 1.50 bits per heavy atom. The van der Waals surface area contributed by atoms with Crippen LogP contribution in [-0.4, -0.2) is 46.8 Å². The normalized spacial score (nSPS) is 13.3. The summed E-state index contributed by atoms with van der Waals surface area (Å²) in [5.41, 5.74) is 0.479. The Morgan fingerprint density at radius 3 is 2.70 bits per heavy atom. The van der Waals surface area contributed by atoms with Gasteiger partial charge in [0.15, 0.2) is 0 Å². The van der Waals surface area contributed by atoms with Crippen LogP contribution in [0.25, 0.3) is 0 Å². The van der Waals surface area contributed by atoms with Gasteiger partial charge in [-0.15, -0.1) is 0 Å². The first-order chi connectivity index (χ1) is 9.19. The number of hydrogen-bond acceptors (Lipinski definition) is 4. The Labute approximate surface area is 121 Å². The summed E-state index contributed by atoms with van der Waals surface area (Å²) in [6, 6.07) is -0.144. The van der Waals surface area contributed by atoms with E-state index >= 15 is 0 Å². The molecule has 1 amide bonds.